The van der Waals surface area contributed by atoms with Gasteiger partial charge in [0.05, 0.1) is 6.54 Å². The van der Waals surface area contributed by atoms with Crippen molar-refractivity contribution in [2.75, 3.05) is 13.5 Å². The van der Waals surface area contributed by atoms with Gasteiger partial charge in [-0.1, -0.05) is 0 Å². The highest BCUT2D eigenvalue weighted by molar-refractivity contribution is 6.02. The second-order valence-corrected chi connectivity index (χ2v) is 1.43. The Morgan fingerprint density at radius 1 is 2.38 bits per heavy atom. The first-order chi connectivity index (χ1) is 5.57. The largest absolute Gasteiger partial charge is 0.337 e. The Hall–Kier alpha value is -1.06. The van der Waals surface area contributed by atoms with Crippen molar-refractivity contribution in [3.63, 3.8) is 0 Å². The summed E-state index contributed by atoms with van der Waals surface area (Å²) in [6, 6.07) is 0. The minimum Gasteiger partial charge on any atom is -0.337 e. The van der Waals surface area contributed by atoms with Crippen LogP contribution in [0.25, 0.3) is 0 Å². The minimum atomic E-state index is -1.41. The van der Waals surface area contributed by atoms with E-state index in [2.05, 4.69) is 5.40 Å². The molecule has 0 aliphatic carbocycles. The molecule has 4 heteroatoms. The van der Waals surface area contributed by atoms with Gasteiger partial charge in [-0.2, -0.15) is 0 Å². The number of amides is 1. The smallest absolute Gasteiger partial charge is 0.246 e. The van der Waals surface area contributed by atoms with Gasteiger partial charge in [0.1, 0.15) is 0 Å². The number of hydrogen-bond donors (Lipinski definition) is 2. The molecule has 1 aliphatic heterocycles. The molecule has 0 aromatic carbocycles. The third-order valence-electron chi connectivity index (χ3n) is 0.787. The van der Waals surface area contributed by atoms with E-state index in [1.165, 1.54) is 0 Å². The number of likely N-dealkylation sites (N-methyl/N-ethyl adjacent to an activating group) is 1. The van der Waals surface area contributed by atoms with E-state index in [1.807, 2.05) is 0 Å². The molecule has 1 heterocycles. The quantitative estimate of drug-likeness (QED) is 0.431. The van der Waals surface area contributed by atoms with Crippen molar-refractivity contribution in [3.05, 3.63) is 0 Å². The normalized spacial score (nSPS) is 33.1. The fourth-order valence-electron chi connectivity index (χ4n) is 0.428. The third kappa shape index (κ3) is 0.641. The molecule has 1 aliphatic rings. The van der Waals surface area contributed by atoms with Gasteiger partial charge in [0.15, 0.2) is 8.78 Å². The van der Waals surface area contributed by atoms with Crippen molar-refractivity contribution in [1.82, 2.24) is 10.2 Å². The second kappa shape index (κ2) is 1.47. The van der Waals surface area contributed by atoms with Crippen molar-refractivity contribution in [2.24, 2.45) is 0 Å². The van der Waals surface area contributed by atoms with Crippen LogP contribution >= 0.6 is 0 Å². The number of nitrogens with one attached hydrogen (secondary N) is 2. The summed E-state index contributed by atoms with van der Waals surface area (Å²) in [6.45, 7) is -1.63. The Balaban J connectivity index is 2.87. The Kier molecular flexibility index (Phi) is 0.375. The molecule has 0 aromatic heterocycles. The van der Waals surface area contributed by atoms with Gasteiger partial charge in [0.25, 0.3) is 0 Å². The number of rotatable bonds is 0. The fraction of sp³-hybridized carbons (Fsp3) is 0.500. The molecule has 0 saturated carbocycles. The van der Waals surface area contributed by atoms with Gasteiger partial charge in [0, 0.05) is 9.74 Å². The van der Waals surface area contributed by atoms with Gasteiger partial charge in [-0.3, -0.25) is 15.5 Å². The molecule has 1 saturated heterocycles. The molecule has 0 aromatic rings. The number of hydrogen-bond acceptors (Lipinski definition) is 2. The highest BCUT2D eigenvalue weighted by Gasteiger charge is 2.18. The van der Waals surface area contributed by atoms with E-state index in [0.717, 1.165) is 4.90 Å². The van der Waals surface area contributed by atoms with Crippen LogP contribution in [0.3, 0.4) is 0 Å². The summed E-state index contributed by atoms with van der Waals surface area (Å²) in [6.07, 6.45) is 0. The molecule has 0 bridgehead atoms. The van der Waals surface area contributed by atoms with Crippen molar-refractivity contribution in [2.45, 2.75) is 0 Å². The standard InChI is InChI=1S/C4H7N3O/c1-7-2-3(8)6-4(7)5/h2H2,1H3,(H2,5,6,8)/i1T2/hT2. The molecule has 2 N–H and O–H groups in total. The molecule has 8 heavy (non-hydrogen) atoms. The SMILES string of the molecule is [3H]N=C1N([3H])C(=O)CN1C([3H])[3H]. The van der Waals surface area contributed by atoms with Crippen LogP contribution in [0.2, 0.25) is 2.82 Å². The Morgan fingerprint density at radius 2 is 3.25 bits per heavy atom. The van der Waals surface area contributed by atoms with Gasteiger partial charge in [0.2, 0.25) is 5.91 Å². The van der Waals surface area contributed by atoms with Gasteiger partial charge < -0.3 is 4.90 Å². The zero-order valence-electron chi connectivity index (χ0n) is 8.03. The molecule has 0 radical (unpaired) electrons. The van der Waals surface area contributed by atoms with Crippen LogP contribution < -0.4 is 5.31 Å². The first-order valence-corrected chi connectivity index (χ1v) is 2.03. The van der Waals surface area contributed by atoms with Crippen LogP contribution in [0.4, 0.5) is 0 Å². The van der Waals surface area contributed by atoms with Gasteiger partial charge in [-0.05, 0) is 0 Å². The topological polar surface area (TPSA) is 56.2 Å². The zero-order valence-corrected chi connectivity index (χ0v) is 4.03. The van der Waals surface area contributed by atoms with E-state index in [0.29, 0.717) is 5.31 Å². The van der Waals surface area contributed by atoms with Crippen LogP contribution in [-0.2, 0) is 4.79 Å². The summed E-state index contributed by atoms with van der Waals surface area (Å²) in [5.74, 6) is -0.847. The summed E-state index contributed by atoms with van der Waals surface area (Å²) in [5, 5.41) is 3.31. The van der Waals surface area contributed by atoms with E-state index in [4.69, 9.17) is 5.57 Å². The van der Waals surface area contributed by atoms with Crippen LogP contribution in [0.15, 0.2) is 0 Å². The van der Waals surface area contributed by atoms with Gasteiger partial charge >= 0.3 is 0 Å². The minimum absolute atomic E-state index is 0.223. The van der Waals surface area contributed by atoms with Gasteiger partial charge in [-0.15, -0.1) is 0 Å². The first kappa shape index (κ1) is 2.05. The predicted molar refractivity (Wildman–Crippen MR) is 28.5 cm³/mol. The van der Waals surface area contributed by atoms with E-state index in [9.17, 15) is 4.79 Å². The lowest BCUT2D eigenvalue weighted by Crippen LogP contribution is -2.25. The summed E-state index contributed by atoms with van der Waals surface area (Å²) in [7, 11) is 0. The zero-order chi connectivity index (χ0) is 9.30. The maximum atomic E-state index is 10.8. The molecule has 0 spiro atoms. The van der Waals surface area contributed by atoms with Crippen LogP contribution in [-0.4, -0.2) is 30.3 Å². The Bertz CT molecular complexity index is 230. The lowest BCUT2D eigenvalue weighted by molar-refractivity contribution is -0.118. The maximum Gasteiger partial charge on any atom is 0.246 e. The van der Waals surface area contributed by atoms with E-state index < -0.39 is 12.9 Å². The molecule has 1 fully saturated rings. The number of nitrogens with zero attached hydrogens (tertiary/aromatic N) is 1. The average Bonchev–Trinajstić information content (AvgIpc) is 2.29. The molecule has 4 nitrogen and oxygen atoms in total. The monoisotopic (exact) mass is 121 g/mol. The summed E-state index contributed by atoms with van der Waals surface area (Å²) < 4.78 is 27.6. The highest BCUT2D eigenvalue weighted by Crippen LogP contribution is 1.89. The van der Waals surface area contributed by atoms with Crippen molar-refractivity contribution < 1.29 is 10.4 Å². The molecule has 1 rings (SSSR count). The second-order valence-electron chi connectivity index (χ2n) is 1.43. The highest BCUT2D eigenvalue weighted by atomic mass is 16.2. The van der Waals surface area contributed by atoms with Crippen molar-refractivity contribution in [3.8, 4) is 0 Å². The van der Waals surface area contributed by atoms with Crippen LogP contribution in [0.5, 0.6) is 0 Å². The number of carbonyl (C=O) groups excluding carboxylic acids is 1. The maximum absolute atomic E-state index is 10.8. The van der Waals surface area contributed by atoms with E-state index >= 15 is 0 Å². The van der Waals surface area contributed by atoms with E-state index in [1.54, 1.807) is 0 Å². The van der Waals surface area contributed by atoms with Crippen LogP contribution in [0.1, 0.15) is 2.74 Å². The Morgan fingerprint density at radius 3 is 3.75 bits per heavy atom. The molecular weight excluding hydrogens is 106 g/mol. The molecule has 0 atom stereocenters. The molecule has 0 unspecified atom stereocenters. The lowest BCUT2D eigenvalue weighted by atomic mass is 10.6. The van der Waals surface area contributed by atoms with Crippen LogP contribution in [0, 0.1) is 5.40 Å². The van der Waals surface area contributed by atoms with Crippen molar-refractivity contribution in [1.29, 1.82) is 5.40 Å². The van der Waals surface area contributed by atoms with Crippen molar-refractivity contribution >= 4 is 11.9 Å². The van der Waals surface area contributed by atoms with E-state index in [-0.39, 0.29) is 12.5 Å². The molecular formula is C4H7N3O. The first-order valence-electron chi connectivity index (χ1n) is 4.08. The predicted octanol–water partition coefficient (Wildman–Crippen LogP) is -1.02. The number of guanidine groups is 1. The molecule has 1 amide bonds. The fourth-order valence-corrected chi connectivity index (χ4v) is 0.428. The summed E-state index contributed by atoms with van der Waals surface area (Å²) in [5.41, 5.74) is 0. The Labute approximate surface area is 52.7 Å². The summed E-state index contributed by atoms with van der Waals surface area (Å²) >= 11 is 0. The number of carbonyl (C=O) groups is 1. The van der Waals surface area contributed by atoms with Gasteiger partial charge in [-0.25, -0.2) is 0 Å². The molecule has 44 valence electrons. The third-order valence-corrected chi connectivity index (χ3v) is 0.787. The summed E-state index contributed by atoms with van der Waals surface area (Å²) in [4.78, 5) is 11.8. The lowest BCUT2D eigenvalue weighted by Gasteiger charge is -2.03. The average molecular weight is 121 g/mol.